The number of nitriles is 1. The molecule has 40 heavy (non-hydrogen) atoms. The Morgan fingerprint density at radius 3 is 2.70 bits per heavy atom. The number of fused-ring (bicyclic) bond motifs is 2. The van der Waals surface area contributed by atoms with Crippen LogP contribution < -0.4 is 0 Å². The summed E-state index contributed by atoms with van der Waals surface area (Å²) in [5.41, 5.74) is 5.84. The lowest BCUT2D eigenvalue weighted by Crippen LogP contribution is -2.40. The Kier molecular flexibility index (Phi) is 6.59. The van der Waals surface area contributed by atoms with Gasteiger partial charge < -0.3 is 18.9 Å². The Morgan fingerprint density at radius 1 is 1.20 bits per heavy atom. The van der Waals surface area contributed by atoms with Gasteiger partial charge in [0.05, 0.1) is 18.4 Å². The van der Waals surface area contributed by atoms with E-state index in [4.69, 9.17) is 14.5 Å². The van der Waals surface area contributed by atoms with Crippen LogP contribution in [0.4, 0.5) is 4.79 Å². The van der Waals surface area contributed by atoms with Gasteiger partial charge in [-0.15, -0.1) is 0 Å². The second kappa shape index (κ2) is 10.1. The molecule has 206 valence electrons. The molecule has 5 heterocycles. The number of aryl methyl sites for hydroxylation is 1. The van der Waals surface area contributed by atoms with E-state index in [1.807, 2.05) is 46.3 Å². The van der Waals surface area contributed by atoms with Crippen molar-refractivity contribution in [1.82, 2.24) is 24.2 Å². The fraction of sp³-hybridized carbons (Fsp3) is 0.419. The Balaban J connectivity index is 1.51. The molecule has 9 nitrogen and oxygen atoms in total. The lowest BCUT2D eigenvalue weighted by Gasteiger charge is -2.32. The SMILES string of the molecule is Cn1cc(-c2cc3cccc(-c4c5c(n(C6CCOCC6)c4C#N)CCN(C(=O)OC(C)(C)C)C5)c3cn2)cn1. The third-order valence-corrected chi connectivity index (χ3v) is 7.73. The smallest absolute Gasteiger partial charge is 0.410 e. The normalized spacial score (nSPS) is 16.1. The van der Waals surface area contributed by atoms with Crippen LogP contribution in [0.1, 0.15) is 56.6 Å². The molecule has 0 radical (unpaired) electrons. The van der Waals surface area contributed by atoms with Crippen molar-refractivity contribution < 1.29 is 14.3 Å². The van der Waals surface area contributed by atoms with E-state index in [0.29, 0.717) is 38.4 Å². The lowest BCUT2D eigenvalue weighted by molar-refractivity contribution is 0.0221. The number of aromatic nitrogens is 4. The molecule has 9 heteroatoms. The molecule has 0 atom stereocenters. The summed E-state index contributed by atoms with van der Waals surface area (Å²) in [4.78, 5) is 19.7. The zero-order valence-corrected chi connectivity index (χ0v) is 23.5. The number of hydrogen-bond acceptors (Lipinski definition) is 6. The van der Waals surface area contributed by atoms with Crippen LogP contribution >= 0.6 is 0 Å². The first-order valence-electron chi connectivity index (χ1n) is 13.8. The summed E-state index contributed by atoms with van der Waals surface area (Å²) in [6.45, 7) is 7.93. The number of hydrogen-bond donors (Lipinski definition) is 0. The van der Waals surface area contributed by atoms with Crippen molar-refractivity contribution in [2.75, 3.05) is 19.8 Å². The Bertz CT molecular complexity index is 1630. The van der Waals surface area contributed by atoms with Crippen molar-refractivity contribution >= 4 is 16.9 Å². The van der Waals surface area contributed by atoms with Gasteiger partial charge >= 0.3 is 6.09 Å². The van der Waals surface area contributed by atoms with Gasteiger partial charge in [-0.1, -0.05) is 18.2 Å². The maximum Gasteiger partial charge on any atom is 0.410 e. The highest BCUT2D eigenvalue weighted by atomic mass is 16.6. The quantitative estimate of drug-likeness (QED) is 0.336. The van der Waals surface area contributed by atoms with Crippen molar-refractivity contribution in [2.24, 2.45) is 7.05 Å². The van der Waals surface area contributed by atoms with Crippen LogP contribution in [0.3, 0.4) is 0 Å². The van der Waals surface area contributed by atoms with Crippen LogP contribution in [0.2, 0.25) is 0 Å². The standard InChI is InChI=1S/C31H34N6O3/c1-31(2,3)40-30(38)36-11-8-27-25(19-36)29(28(15-32)37(27)22-9-12-39-13-10-22)23-7-5-6-20-14-26(33-17-24(20)23)21-16-34-35(4)18-21/h5-7,14,16-18,22H,8-13,19H2,1-4H3. The highest BCUT2D eigenvalue weighted by Gasteiger charge is 2.35. The molecule has 2 aliphatic heterocycles. The minimum Gasteiger partial charge on any atom is -0.444 e. The van der Waals surface area contributed by atoms with Crippen LogP contribution in [0.25, 0.3) is 33.2 Å². The van der Waals surface area contributed by atoms with Gasteiger partial charge in [0.15, 0.2) is 0 Å². The van der Waals surface area contributed by atoms with Crippen molar-refractivity contribution in [3.63, 3.8) is 0 Å². The van der Waals surface area contributed by atoms with E-state index in [2.05, 4.69) is 33.9 Å². The molecule has 4 aromatic rings. The molecule has 0 spiro atoms. The summed E-state index contributed by atoms with van der Waals surface area (Å²) in [5.74, 6) is 0. The molecule has 6 rings (SSSR count). The van der Waals surface area contributed by atoms with E-state index >= 15 is 0 Å². The van der Waals surface area contributed by atoms with E-state index in [-0.39, 0.29) is 12.1 Å². The van der Waals surface area contributed by atoms with Gasteiger partial charge in [0, 0.05) is 79.4 Å². The lowest BCUT2D eigenvalue weighted by atomic mass is 9.93. The van der Waals surface area contributed by atoms with Crippen LogP contribution in [-0.2, 0) is 29.5 Å². The second-order valence-electron chi connectivity index (χ2n) is 11.6. The van der Waals surface area contributed by atoms with Gasteiger partial charge in [0.25, 0.3) is 0 Å². The Hall–Kier alpha value is -4.16. The van der Waals surface area contributed by atoms with Gasteiger partial charge in [-0.2, -0.15) is 10.4 Å². The zero-order chi connectivity index (χ0) is 28.0. The average Bonchev–Trinajstić information content (AvgIpc) is 3.52. The number of ether oxygens (including phenoxy) is 2. The predicted octanol–water partition coefficient (Wildman–Crippen LogP) is 5.62. The summed E-state index contributed by atoms with van der Waals surface area (Å²) < 4.78 is 15.4. The molecule has 0 bridgehead atoms. The van der Waals surface area contributed by atoms with E-state index in [1.54, 1.807) is 15.8 Å². The number of rotatable bonds is 3. The Morgan fingerprint density at radius 2 is 2.00 bits per heavy atom. The zero-order valence-electron chi connectivity index (χ0n) is 23.5. The first-order valence-corrected chi connectivity index (χ1v) is 13.8. The highest BCUT2D eigenvalue weighted by molar-refractivity contribution is 5.99. The fourth-order valence-electron chi connectivity index (χ4n) is 5.97. The molecule has 1 amide bonds. The molecule has 1 aromatic carbocycles. The first kappa shape index (κ1) is 26.1. The summed E-state index contributed by atoms with van der Waals surface area (Å²) >= 11 is 0. The maximum absolute atomic E-state index is 13.1. The van der Waals surface area contributed by atoms with Crippen LogP contribution in [0.15, 0.2) is 42.9 Å². The minimum atomic E-state index is -0.584. The predicted molar refractivity (Wildman–Crippen MR) is 152 cm³/mol. The molecule has 0 aliphatic carbocycles. The molecule has 1 saturated heterocycles. The summed E-state index contributed by atoms with van der Waals surface area (Å²) in [6, 6.07) is 11.0. The monoisotopic (exact) mass is 538 g/mol. The summed E-state index contributed by atoms with van der Waals surface area (Å²) in [5, 5.41) is 16.9. The number of benzene rings is 1. The van der Waals surface area contributed by atoms with Gasteiger partial charge in [0.1, 0.15) is 17.4 Å². The molecular weight excluding hydrogens is 504 g/mol. The largest absolute Gasteiger partial charge is 0.444 e. The van der Waals surface area contributed by atoms with E-state index in [9.17, 15) is 10.1 Å². The summed E-state index contributed by atoms with van der Waals surface area (Å²) in [6.07, 6.45) is 7.69. The van der Waals surface area contributed by atoms with Crippen molar-refractivity contribution in [3.05, 3.63) is 59.8 Å². The van der Waals surface area contributed by atoms with Gasteiger partial charge in [-0.3, -0.25) is 9.67 Å². The number of nitrogens with zero attached hydrogens (tertiary/aromatic N) is 6. The third kappa shape index (κ3) is 4.73. The van der Waals surface area contributed by atoms with E-state index in [1.165, 1.54) is 0 Å². The van der Waals surface area contributed by atoms with Crippen LogP contribution in [0, 0.1) is 11.3 Å². The van der Waals surface area contributed by atoms with Crippen molar-refractivity contribution in [2.45, 2.75) is 58.2 Å². The van der Waals surface area contributed by atoms with Crippen LogP contribution in [-0.4, -0.2) is 55.7 Å². The number of pyridine rings is 1. The second-order valence-corrected chi connectivity index (χ2v) is 11.6. The van der Waals surface area contributed by atoms with Gasteiger partial charge in [-0.05, 0) is 50.6 Å². The number of amides is 1. The first-order chi connectivity index (χ1) is 19.2. The topological polar surface area (TPSA) is 98.2 Å². The van der Waals surface area contributed by atoms with Crippen molar-refractivity contribution in [3.8, 4) is 28.5 Å². The summed E-state index contributed by atoms with van der Waals surface area (Å²) in [7, 11) is 1.89. The number of carbonyl (C=O) groups excluding carboxylic acids is 1. The number of carbonyl (C=O) groups is 1. The molecular formula is C31H34N6O3. The van der Waals surface area contributed by atoms with Gasteiger partial charge in [0.2, 0.25) is 0 Å². The minimum absolute atomic E-state index is 0.185. The molecule has 0 N–H and O–H groups in total. The molecule has 2 aliphatic rings. The van der Waals surface area contributed by atoms with Gasteiger partial charge in [-0.25, -0.2) is 4.79 Å². The van der Waals surface area contributed by atoms with Crippen molar-refractivity contribution in [1.29, 1.82) is 5.26 Å². The molecule has 0 unspecified atom stereocenters. The molecule has 3 aromatic heterocycles. The Labute approximate surface area is 233 Å². The fourth-order valence-corrected chi connectivity index (χ4v) is 5.97. The molecule has 1 fully saturated rings. The van der Waals surface area contributed by atoms with E-state index in [0.717, 1.165) is 57.3 Å². The van der Waals surface area contributed by atoms with E-state index < -0.39 is 5.60 Å². The molecule has 0 saturated carbocycles. The van der Waals surface area contributed by atoms with Crippen LogP contribution in [0.5, 0.6) is 0 Å². The highest BCUT2D eigenvalue weighted by Crippen LogP contribution is 2.42. The third-order valence-electron chi connectivity index (χ3n) is 7.73. The average molecular weight is 539 g/mol. The maximum atomic E-state index is 13.1.